The Morgan fingerprint density at radius 3 is 2.66 bits per heavy atom. The minimum atomic E-state index is -2.92. The SMILES string of the molecule is CC(F)(F)c1ccccc1COCc1ccc(C(=O)NCC2CCOCC2)nc1. The maximum atomic E-state index is 13.7. The number of ether oxygens (including phenoxy) is 2. The molecule has 1 N–H and O–H groups in total. The highest BCUT2D eigenvalue weighted by molar-refractivity contribution is 5.92. The van der Waals surface area contributed by atoms with Crippen LogP contribution in [0.3, 0.4) is 0 Å². The van der Waals surface area contributed by atoms with Gasteiger partial charge in [0.25, 0.3) is 11.8 Å². The minimum Gasteiger partial charge on any atom is -0.381 e. The number of pyridine rings is 1. The summed E-state index contributed by atoms with van der Waals surface area (Å²) < 4.78 is 38.2. The van der Waals surface area contributed by atoms with Crippen LogP contribution in [0.4, 0.5) is 8.78 Å². The van der Waals surface area contributed by atoms with Gasteiger partial charge in [-0.25, -0.2) is 8.78 Å². The van der Waals surface area contributed by atoms with Crippen LogP contribution in [0.5, 0.6) is 0 Å². The molecule has 1 amide bonds. The van der Waals surface area contributed by atoms with Gasteiger partial charge in [0.15, 0.2) is 0 Å². The second-order valence-corrected chi connectivity index (χ2v) is 7.36. The van der Waals surface area contributed by atoms with Crippen LogP contribution in [0, 0.1) is 5.92 Å². The topological polar surface area (TPSA) is 60.5 Å². The maximum Gasteiger partial charge on any atom is 0.270 e. The number of amides is 1. The van der Waals surface area contributed by atoms with Gasteiger partial charge in [0.05, 0.1) is 13.2 Å². The largest absolute Gasteiger partial charge is 0.381 e. The molecule has 0 saturated carbocycles. The number of nitrogens with zero attached hydrogens (tertiary/aromatic N) is 1. The van der Waals surface area contributed by atoms with E-state index in [1.54, 1.807) is 36.5 Å². The molecular formula is C22H26F2N2O3. The molecule has 0 atom stereocenters. The molecule has 0 unspecified atom stereocenters. The monoisotopic (exact) mass is 404 g/mol. The van der Waals surface area contributed by atoms with E-state index >= 15 is 0 Å². The fourth-order valence-electron chi connectivity index (χ4n) is 3.28. The quantitative estimate of drug-likeness (QED) is 0.721. The summed E-state index contributed by atoms with van der Waals surface area (Å²) in [7, 11) is 0. The lowest BCUT2D eigenvalue weighted by atomic mass is 10.0. The Labute approximate surface area is 169 Å². The van der Waals surface area contributed by atoms with E-state index in [1.165, 1.54) is 6.07 Å². The summed E-state index contributed by atoms with van der Waals surface area (Å²) in [4.78, 5) is 16.4. The lowest BCUT2D eigenvalue weighted by molar-refractivity contribution is 0.0134. The molecule has 3 rings (SSSR count). The van der Waals surface area contributed by atoms with E-state index in [1.807, 2.05) is 0 Å². The van der Waals surface area contributed by atoms with Crippen molar-refractivity contribution in [2.75, 3.05) is 19.8 Å². The number of alkyl halides is 2. The van der Waals surface area contributed by atoms with Crippen LogP contribution in [-0.2, 0) is 28.6 Å². The Hall–Kier alpha value is -2.38. The number of carbonyl (C=O) groups is 1. The third-order valence-electron chi connectivity index (χ3n) is 4.97. The Morgan fingerprint density at radius 2 is 1.97 bits per heavy atom. The molecule has 0 radical (unpaired) electrons. The zero-order chi connectivity index (χ0) is 20.7. The highest BCUT2D eigenvalue weighted by Crippen LogP contribution is 2.30. The van der Waals surface area contributed by atoms with Gasteiger partial charge in [-0.1, -0.05) is 30.3 Å². The third-order valence-corrected chi connectivity index (χ3v) is 4.97. The number of nitrogens with one attached hydrogen (secondary N) is 1. The molecule has 29 heavy (non-hydrogen) atoms. The molecule has 1 aromatic heterocycles. The first-order valence-corrected chi connectivity index (χ1v) is 9.78. The molecular weight excluding hydrogens is 378 g/mol. The first kappa shape index (κ1) is 21.3. The number of rotatable bonds is 8. The van der Waals surface area contributed by atoms with Gasteiger partial charge in [0.1, 0.15) is 5.69 Å². The van der Waals surface area contributed by atoms with Crippen LogP contribution in [-0.4, -0.2) is 30.6 Å². The van der Waals surface area contributed by atoms with Crippen molar-refractivity contribution in [3.05, 3.63) is 65.0 Å². The first-order valence-electron chi connectivity index (χ1n) is 9.78. The van der Waals surface area contributed by atoms with Crippen LogP contribution in [0.15, 0.2) is 42.6 Å². The molecule has 2 heterocycles. The first-order chi connectivity index (χ1) is 13.9. The summed E-state index contributed by atoms with van der Waals surface area (Å²) in [6, 6.07) is 9.75. The third kappa shape index (κ3) is 6.30. The molecule has 7 heteroatoms. The Bertz CT molecular complexity index is 800. The lowest BCUT2D eigenvalue weighted by Gasteiger charge is -2.22. The van der Waals surface area contributed by atoms with E-state index < -0.39 is 5.92 Å². The van der Waals surface area contributed by atoms with Crippen molar-refractivity contribution >= 4 is 5.91 Å². The van der Waals surface area contributed by atoms with Gasteiger partial charge in [-0.2, -0.15) is 0 Å². The predicted molar refractivity (Wildman–Crippen MR) is 105 cm³/mol. The van der Waals surface area contributed by atoms with Gasteiger partial charge >= 0.3 is 0 Å². The van der Waals surface area contributed by atoms with Gasteiger partial charge in [-0.3, -0.25) is 9.78 Å². The molecule has 1 saturated heterocycles. The summed E-state index contributed by atoms with van der Waals surface area (Å²) in [6.07, 6.45) is 3.48. The van der Waals surface area contributed by atoms with E-state index in [-0.39, 0.29) is 24.7 Å². The average molecular weight is 404 g/mol. The Kier molecular flexibility index (Phi) is 7.28. The molecule has 0 spiro atoms. The van der Waals surface area contributed by atoms with E-state index in [0.29, 0.717) is 23.7 Å². The zero-order valence-electron chi connectivity index (χ0n) is 16.5. The van der Waals surface area contributed by atoms with E-state index in [4.69, 9.17) is 9.47 Å². The minimum absolute atomic E-state index is 0.0327. The highest BCUT2D eigenvalue weighted by Gasteiger charge is 2.26. The molecule has 2 aromatic rings. The van der Waals surface area contributed by atoms with Crippen molar-refractivity contribution in [1.82, 2.24) is 10.3 Å². The lowest BCUT2D eigenvalue weighted by Crippen LogP contribution is -2.32. The summed E-state index contributed by atoms with van der Waals surface area (Å²) in [6.45, 7) is 3.28. The van der Waals surface area contributed by atoms with E-state index in [2.05, 4.69) is 10.3 Å². The van der Waals surface area contributed by atoms with Crippen molar-refractivity contribution in [2.45, 2.75) is 38.9 Å². The number of halogens is 2. The molecule has 1 aliphatic heterocycles. The normalized spacial score (nSPS) is 15.3. The second kappa shape index (κ2) is 9.89. The number of hydrogen-bond acceptors (Lipinski definition) is 4. The van der Waals surface area contributed by atoms with Crippen molar-refractivity contribution in [2.24, 2.45) is 5.92 Å². The molecule has 1 aliphatic rings. The maximum absolute atomic E-state index is 13.7. The van der Waals surface area contributed by atoms with Gasteiger partial charge < -0.3 is 14.8 Å². The van der Waals surface area contributed by atoms with E-state index in [0.717, 1.165) is 38.5 Å². The summed E-state index contributed by atoms with van der Waals surface area (Å²) in [5, 5.41) is 2.91. The smallest absolute Gasteiger partial charge is 0.270 e. The van der Waals surface area contributed by atoms with Crippen molar-refractivity contribution in [1.29, 1.82) is 0 Å². The van der Waals surface area contributed by atoms with Crippen LogP contribution in [0.25, 0.3) is 0 Å². The molecule has 0 aliphatic carbocycles. The average Bonchev–Trinajstić information content (AvgIpc) is 2.73. The zero-order valence-corrected chi connectivity index (χ0v) is 16.5. The van der Waals surface area contributed by atoms with Crippen molar-refractivity contribution in [3.8, 4) is 0 Å². The van der Waals surface area contributed by atoms with Gasteiger partial charge in [0, 0.05) is 38.4 Å². The Balaban J connectivity index is 1.48. The van der Waals surface area contributed by atoms with Gasteiger partial charge in [0.2, 0.25) is 0 Å². The molecule has 156 valence electrons. The van der Waals surface area contributed by atoms with Gasteiger partial charge in [-0.05, 0) is 36.0 Å². The molecule has 1 fully saturated rings. The molecule has 0 bridgehead atoms. The van der Waals surface area contributed by atoms with E-state index in [9.17, 15) is 13.6 Å². The summed E-state index contributed by atoms with van der Waals surface area (Å²) >= 11 is 0. The fourth-order valence-corrected chi connectivity index (χ4v) is 3.28. The van der Waals surface area contributed by atoms with Crippen LogP contribution in [0.2, 0.25) is 0 Å². The summed E-state index contributed by atoms with van der Waals surface area (Å²) in [5.74, 6) is -2.68. The van der Waals surface area contributed by atoms with Crippen LogP contribution >= 0.6 is 0 Å². The standard InChI is InChI=1S/C22H26F2N2O3/c1-22(23,24)19-5-3-2-4-18(19)15-29-14-17-6-7-20(25-13-17)21(27)26-12-16-8-10-28-11-9-16/h2-7,13,16H,8-12,14-15H2,1H3,(H,26,27). The van der Waals surface area contributed by atoms with Crippen molar-refractivity contribution in [3.63, 3.8) is 0 Å². The second-order valence-electron chi connectivity index (χ2n) is 7.36. The summed E-state index contributed by atoms with van der Waals surface area (Å²) in [5.41, 5.74) is 1.54. The van der Waals surface area contributed by atoms with Crippen LogP contribution in [0.1, 0.15) is 46.9 Å². The highest BCUT2D eigenvalue weighted by atomic mass is 19.3. The number of carbonyl (C=O) groups excluding carboxylic acids is 1. The predicted octanol–water partition coefficient (Wildman–Crippen LogP) is 4.07. The number of hydrogen-bond donors (Lipinski definition) is 1. The van der Waals surface area contributed by atoms with Gasteiger partial charge in [-0.15, -0.1) is 0 Å². The Morgan fingerprint density at radius 1 is 1.21 bits per heavy atom. The number of benzene rings is 1. The number of aromatic nitrogens is 1. The molecule has 5 nitrogen and oxygen atoms in total. The molecule has 1 aromatic carbocycles. The van der Waals surface area contributed by atoms with Crippen molar-refractivity contribution < 1.29 is 23.0 Å². The van der Waals surface area contributed by atoms with Crippen LogP contribution < -0.4 is 5.32 Å². The fraction of sp³-hybridized carbons (Fsp3) is 0.455.